The lowest BCUT2D eigenvalue weighted by Gasteiger charge is -2.21. The van der Waals surface area contributed by atoms with Gasteiger partial charge in [0.2, 0.25) is 5.91 Å². The number of hydrogen-bond acceptors (Lipinski definition) is 6. The van der Waals surface area contributed by atoms with E-state index in [-0.39, 0.29) is 35.8 Å². The summed E-state index contributed by atoms with van der Waals surface area (Å²) in [5.41, 5.74) is -2.56. The van der Waals surface area contributed by atoms with Gasteiger partial charge in [-0.2, -0.15) is 8.78 Å². The lowest BCUT2D eigenvalue weighted by Crippen LogP contribution is -2.45. The number of anilines is 1. The topological polar surface area (TPSA) is 110 Å². The van der Waals surface area contributed by atoms with Crippen LogP contribution in [0.4, 0.5) is 23.2 Å². The second-order valence-corrected chi connectivity index (χ2v) is 10.1. The van der Waals surface area contributed by atoms with E-state index < -0.39 is 58.7 Å². The van der Waals surface area contributed by atoms with Gasteiger partial charge in [0.05, 0.1) is 19.3 Å². The molecule has 0 aliphatic carbocycles. The molecule has 0 radical (unpaired) electrons. The fraction of sp³-hybridized carbons (Fsp3) is 0.321. The second kappa shape index (κ2) is 11.6. The van der Waals surface area contributed by atoms with Crippen molar-refractivity contribution in [1.82, 2.24) is 9.88 Å². The minimum Gasteiger partial charge on any atom is -0.497 e. The van der Waals surface area contributed by atoms with Gasteiger partial charge in [-0.25, -0.2) is 8.78 Å². The molecule has 2 aromatic carbocycles. The zero-order valence-corrected chi connectivity index (χ0v) is 22.2. The number of methoxy groups -OCH3 is 1. The van der Waals surface area contributed by atoms with Crippen LogP contribution in [0.25, 0.3) is 0 Å². The van der Waals surface area contributed by atoms with Gasteiger partial charge in [-0.3, -0.25) is 14.4 Å². The summed E-state index contributed by atoms with van der Waals surface area (Å²) in [6.07, 6.45) is 1.42. The van der Waals surface area contributed by atoms with Crippen LogP contribution in [0, 0.1) is 11.6 Å². The minimum atomic E-state index is -3.07. The summed E-state index contributed by atoms with van der Waals surface area (Å²) in [5, 5.41) is 12.7. The highest BCUT2D eigenvalue weighted by molar-refractivity contribution is 6.05. The summed E-state index contributed by atoms with van der Waals surface area (Å²) in [6, 6.07) is 7.80. The molecule has 41 heavy (non-hydrogen) atoms. The second-order valence-electron chi connectivity index (χ2n) is 10.1. The number of carbonyl (C=O) groups is 2. The first kappa shape index (κ1) is 29.6. The molecule has 9 nitrogen and oxygen atoms in total. The molecule has 1 aromatic heterocycles. The van der Waals surface area contributed by atoms with Crippen molar-refractivity contribution in [2.45, 2.75) is 44.6 Å². The fourth-order valence-electron chi connectivity index (χ4n) is 4.69. The van der Waals surface area contributed by atoms with Crippen LogP contribution in [0.2, 0.25) is 0 Å². The van der Waals surface area contributed by atoms with Gasteiger partial charge >= 0.3 is 6.61 Å². The number of ether oxygens (including phenoxy) is 2. The number of aromatic nitrogens is 1. The van der Waals surface area contributed by atoms with Gasteiger partial charge in [0, 0.05) is 41.9 Å². The Bertz CT molecular complexity index is 1480. The molecule has 2 atom stereocenters. The van der Waals surface area contributed by atoms with Crippen LogP contribution in [-0.4, -0.2) is 53.4 Å². The third-order valence-electron chi connectivity index (χ3n) is 6.45. The fourth-order valence-corrected chi connectivity index (χ4v) is 4.69. The number of rotatable bonds is 9. The molecule has 1 aliphatic rings. The molecule has 1 fully saturated rings. The van der Waals surface area contributed by atoms with Crippen molar-refractivity contribution in [1.29, 1.82) is 0 Å². The first-order valence-electron chi connectivity index (χ1n) is 12.4. The Labute approximate surface area is 231 Å². The van der Waals surface area contributed by atoms with E-state index in [1.54, 1.807) is 0 Å². The number of pyridine rings is 1. The highest BCUT2D eigenvalue weighted by Gasteiger charge is 2.46. The molecule has 1 saturated heterocycles. The number of halogens is 4. The van der Waals surface area contributed by atoms with Crippen LogP contribution in [0.3, 0.4) is 0 Å². The van der Waals surface area contributed by atoms with Crippen LogP contribution >= 0.6 is 0 Å². The van der Waals surface area contributed by atoms with Crippen molar-refractivity contribution in [2.24, 2.45) is 0 Å². The molecule has 218 valence electrons. The Morgan fingerprint density at radius 3 is 2.29 bits per heavy atom. The summed E-state index contributed by atoms with van der Waals surface area (Å²) >= 11 is 0. The lowest BCUT2D eigenvalue weighted by atomic mass is 9.92. The molecule has 4 rings (SSSR count). The summed E-state index contributed by atoms with van der Waals surface area (Å²) < 4.78 is 65.7. The maximum Gasteiger partial charge on any atom is 0.387 e. The van der Waals surface area contributed by atoms with Gasteiger partial charge in [-0.05, 0) is 50.2 Å². The first-order chi connectivity index (χ1) is 19.3. The Morgan fingerprint density at radius 2 is 1.73 bits per heavy atom. The first-order valence-corrected chi connectivity index (χ1v) is 12.4. The number of amides is 2. The van der Waals surface area contributed by atoms with Gasteiger partial charge in [0.25, 0.3) is 11.5 Å². The van der Waals surface area contributed by atoms with Crippen molar-refractivity contribution < 1.29 is 41.7 Å². The third-order valence-corrected chi connectivity index (χ3v) is 6.45. The number of nitrogens with one attached hydrogen (secondary N) is 1. The Hall–Kier alpha value is -4.39. The van der Waals surface area contributed by atoms with Crippen molar-refractivity contribution in [3.05, 3.63) is 87.8 Å². The minimum absolute atomic E-state index is 0.0421. The van der Waals surface area contributed by atoms with Crippen LogP contribution in [0.5, 0.6) is 11.5 Å². The highest BCUT2D eigenvalue weighted by atomic mass is 19.3. The van der Waals surface area contributed by atoms with Crippen LogP contribution in [-0.2, 0) is 11.3 Å². The molecule has 2 heterocycles. The van der Waals surface area contributed by atoms with Crippen molar-refractivity contribution in [3.8, 4) is 11.5 Å². The van der Waals surface area contributed by atoms with Crippen LogP contribution in [0.1, 0.15) is 35.7 Å². The number of carbonyl (C=O) groups excluding carboxylic acids is 2. The zero-order valence-electron chi connectivity index (χ0n) is 22.2. The van der Waals surface area contributed by atoms with E-state index in [1.807, 2.05) is 0 Å². The van der Waals surface area contributed by atoms with E-state index in [1.165, 1.54) is 56.0 Å². The van der Waals surface area contributed by atoms with E-state index in [2.05, 4.69) is 10.1 Å². The van der Waals surface area contributed by atoms with E-state index in [4.69, 9.17) is 4.74 Å². The number of aliphatic hydroxyl groups is 1. The van der Waals surface area contributed by atoms with Crippen molar-refractivity contribution in [3.63, 3.8) is 0 Å². The molecule has 13 heteroatoms. The molecule has 0 spiro atoms. The Kier molecular flexibility index (Phi) is 8.38. The quantitative estimate of drug-likeness (QED) is 0.377. The largest absolute Gasteiger partial charge is 0.497 e. The number of hydrogen-bond donors (Lipinski definition) is 2. The molecule has 2 N–H and O–H groups in total. The Morgan fingerprint density at radius 1 is 1.10 bits per heavy atom. The van der Waals surface area contributed by atoms with Gasteiger partial charge in [-0.15, -0.1) is 0 Å². The maximum atomic E-state index is 15.2. The normalized spacial score (nSPS) is 17.2. The van der Waals surface area contributed by atoms with E-state index >= 15 is 8.78 Å². The standard InChI is InChI=1S/C28H27F4N3O6/c1-28(2,39)14-34-10-4-5-21(25(34)37)35-13-18(22-19(29)11-17(40-3)12-20(22)30)23(26(35)38)33-24(36)15-6-8-16(9-7-15)41-27(31)32/h4-12,18,23,27,39H,13-14H2,1-3H3,(H,33,36)/t18-,23?/m0/s1. The predicted octanol–water partition coefficient (Wildman–Crippen LogP) is 3.44. The smallest absolute Gasteiger partial charge is 0.387 e. The number of benzene rings is 2. The van der Waals surface area contributed by atoms with Crippen molar-refractivity contribution in [2.75, 3.05) is 18.6 Å². The van der Waals surface area contributed by atoms with Crippen LogP contribution in [0.15, 0.2) is 59.5 Å². The molecule has 1 unspecified atom stereocenters. The van der Waals surface area contributed by atoms with E-state index in [9.17, 15) is 28.3 Å². The molecular formula is C28H27F4N3O6. The van der Waals surface area contributed by atoms with Gasteiger partial charge < -0.3 is 29.4 Å². The van der Waals surface area contributed by atoms with Gasteiger partial charge in [-0.1, -0.05) is 0 Å². The number of alkyl halides is 2. The molecule has 2 amide bonds. The predicted molar refractivity (Wildman–Crippen MR) is 139 cm³/mol. The van der Waals surface area contributed by atoms with E-state index in [0.29, 0.717) is 0 Å². The lowest BCUT2D eigenvalue weighted by molar-refractivity contribution is -0.118. The third kappa shape index (κ3) is 6.51. The highest BCUT2D eigenvalue weighted by Crippen LogP contribution is 2.36. The molecule has 0 saturated carbocycles. The van der Waals surface area contributed by atoms with Gasteiger partial charge in [0.1, 0.15) is 34.9 Å². The molecule has 1 aliphatic heterocycles. The van der Waals surface area contributed by atoms with E-state index in [0.717, 1.165) is 29.2 Å². The monoisotopic (exact) mass is 577 g/mol. The zero-order chi connectivity index (χ0) is 30.1. The average molecular weight is 578 g/mol. The average Bonchev–Trinajstić information content (AvgIpc) is 3.19. The Balaban J connectivity index is 1.73. The number of nitrogens with zero attached hydrogens (tertiary/aromatic N) is 2. The summed E-state index contributed by atoms with van der Waals surface area (Å²) in [5.74, 6) is -5.28. The van der Waals surface area contributed by atoms with Crippen LogP contribution < -0.4 is 25.2 Å². The van der Waals surface area contributed by atoms with Crippen molar-refractivity contribution >= 4 is 17.5 Å². The molecular weight excluding hydrogens is 550 g/mol. The molecule has 0 bridgehead atoms. The SMILES string of the molecule is COc1cc(F)c([C@@H]2CN(c3cccn(CC(C)(C)O)c3=O)C(=O)C2NC(=O)c2ccc(OC(F)F)cc2)c(F)c1. The summed E-state index contributed by atoms with van der Waals surface area (Å²) in [4.78, 5) is 41.0. The summed E-state index contributed by atoms with van der Waals surface area (Å²) in [6.45, 7) is -0.546. The molecule has 3 aromatic rings. The van der Waals surface area contributed by atoms with Gasteiger partial charge in [0.15, 0.2) is 0 Å². The maximum absolute atomic E-state index is 15.2. The summed E-state index contributed by atoms with van der Waals surface area (Å²) in [7, 11) is 1.23.